The van der Waals surface area contributed by atoms with Crippen LogP contribution in [0.1, 0.15) is 11.3 Å². The number of benzene rings is 2. The summed E-state index contributed by atoms with van der Waals surface area (Å²) in [4.78, 5) is 4.21. The van der Waals surface area contributed by atoms with Crippen LogP contribution in [0.2, 0.25) is 0 Å². The highest BCUT2D eigenvalue weighted by Crippen LogP contribution is 2.40. The van der Waals surface area contributed by atoms with Gasteiger partial charge in [-0.3, -0.25) is 10.4 Å². The van der Waals surface area contributed by atoms with Crippen LogP contribution in [0.4, 0.5) is 13.2 Å². The number of nitrogens with zero attached hydrogens (tertiary/aromatic N) is 3. The second-order valence-electron chi connectivity index (χ2n) is 6.51. The van der Waals surface area contributed by atoms with Crippen molar-refractivity contribution in [2.75, 3.05) is 0 Å². The lowest BCUT2D eigenvalue weighted by molar-refractivity contribution is -0.137. The van der Waals surface area contributed by atoms with E-state index in [2.05, 4.69) is 10.1 Å². The van der Waals surface area contributed by atoms with Crippen LogP contribution in [0.5, 0.6) is 11.6 Å². The first kappa shape index (κ1) is 19.9. The van der Waals surface area contributed by atoms with E-state index in [0.29, 0.717) is 27.6 Å². The van der Waals surface area contributed by atoms with E-state index in [9.17, 15) is 13.2 Å². The Kier molecular flexibility index (Phi) is 4.95. The van der Waals surface area contributed by atoms with Gasteiger partial charge in [0.1, 0.15) is 5.75 Å². The molecule has 0 fully saturated rings. The van der Waals surface area contributed by atoms with Gasteiger partial charge in [-0.1, -0.05) is 24.3 Å². The number of hydrogen-bond donors (Lipinski definition) is 1. The van der Waals surface area contributed by atoms with Crippen molar-refractivity contribution in [2.24, 2.45) is 0 Å². The van der Waals surface area contributed by atoms with Crippen molar-refractivity contribution in [1.29, 1.82) is 5.41 Å². The van der Waals surface area contributed by atoms with Crippen molar-refractivity contribution in [3.05, 3.63) is 77.5 Å². The Morgan fingerprint density at radius 2 is 1.73 bits per heavy atom. The van der Waals surface area contributed by atoms with Gasteiger partial charge in [0.25, 0.3) is 0 Å². The van der Waals surface area contributed by atoms with Gasteiger partial charge in [-0.25, -0.2) is 0 Å². The smallest absolute Gasteiger partial charge is 0.416 e. The topological polar surface area (TPSA) is 63.8 Å². The van der Waals surface area contributed by atoms with Crippen molar-refractivity contribution in [1.82, 2.24) is 14.3 Å². The average molecular weight is 431 g/mol. The minimum absolute atomic E-state index is 0.0151. The molecule has 2 heterocycles. The first-order valence-electron chi connectivity index (χ1n) is 8.79. The number of halogens is 4. The third-order valence-electron chi connectivity index (χ3n) is 4.59. The van der Waals surface area contributed by atoms with Gasteiger partial charge >= 0.3 is 6.18 Å². The standard InChI is InChI=1S/C21H14ClF3N4O/c1-12-14(7-4-10-27-12)15-9-8-13(21(23,24)25)11-18(15)30-20-17-6-3-2-5-16(17)19(26)29(22)28-20/h2-11,26H,1H3. The summed E-state index contributed by atoms with van der Waals surface area (Å²) in [6.45, 7) is 1.76. The summed E-state index contributed by atoms with van der Waals surface area (Å²) < 4.78 is 46.7. The fourth-order valence-corrected chi connectivity index (χ4v) is 3.27. The number of pyridine rings is 1. The summed E-state index contributed by atoms with van der Waals surface area (Å²) in [5.74, 6) is -0.0632. The molecule has 0 aliphatic carbocycles. The van der Waals surface area contributed by atoms with Crippen molar-refractivity contribution >= 4 is 22.5 Å². The van der Waals surface area contributed by atoms with Crippen LogP contribution in [-0.2, 0) is 6.18 Å². The highest BCUT2D eigenvalue weighted by Gasteiger charge is 2.32. The van der Waals surface area contributed by atoms with E-state index in [1.54, 1.807) is 49.5 Å². The number of aryl methyl sites for hydroxylation is 1. The second-order valence-corrected chi connectivity index (χ2v) is 6.83. The van der Waals surface area contributed by atoms with Gasteiger partial charge in [-0.05, 0) is 37.3 Å². The van der Waals surface area contributed by atoms with Gasteiger partial charge in [-0.15, -0.1) is 5.10 Å². The zero-order valence-corrected chi connectivity index (χ0v) is 16.3. The van der Waals surface area contributed by atoms with Crippen LogP contribution < -0.4 is 10.2 Å². The molecule has 5 nitrogen and oxygen atoms in total. The quantitative estimate of drug-likeness (QED) is 0.453. The molecule has 0 bridgehead atoms. The molecule has 0 saturated heterocycles. The first-order chi connectivity index (χ1) is 14.3. The van der Waals surface area contributed by atoms with Gasteiger partial charge in [-0.2, -0.15) is 17.4 Å². The molecule has 0 spiro atoms. The lowest BCUT2D eigenvalue weighted by Gasteiger charge is -2.16. The Morgan fingerprint density at radius 3 is 2.43 bits per heavy atom. The van der Waals surface area contributed by atoms with Crippen LogP contribution in [0.15, 0.2) is 60.8 Å². The summed E-state index contributed by atoms with van der Waals surface area (Å²) in [5.41, 5.74) is 0.765. The lowest BCUT2D eigenvalue weighted by atomic mass is 10.0. The molecule has 9 heteroatoms. The highest BCUT2D eigenvalue weighted by molar-refractivity contribution is 6.15. The molecule has 0 radical (unpaired) electrons. The summed E-state index contributed by atoms with van der Waals surface area (Å²) >= 11 is 5.99. The Labute approximate surface area is 174 Å². The van der Waals surface area contributed by atoms with E-state index in [-0.39, 0.29) is 17.1 Å². The largest absolute Gasteiger partial charge is 0.436 e. The molecular formula is C21H14ClF3N4O. The maximum Gasteiger partial charge on any atom is 0.416 e. The zero-order valence-electron chi connectivity index (χ0n) is 15.5. The van der Waals surface area contributed by atoms with E-state index in [0.717, 1.165) is 16.3 Å². The number of alkyl halides is 3. The molecule has 0 aliphatic heterocycles. The van der Waals surface area contributed by atoms with Crippen LogP contribution in [0.25, 0.3) is 21.9 Å². The zero-order chi connectivity index (χ0) is 21.5. The van der Waals surface area contributed by atoms with Gasteiger partial charge < -0.3 is 4.74 Å². The van der Waals surface area contributed by atoms with Crippen LogP contribution >= 0.6 is 11.8 Å². The van der Waals surface area contributed by atoms with Crippen LogP contribution in [-0.4, -0.2) is 14.3 Å². The second kappa shape index (κ2) is 7.46. The summed E-state index contributed by atoms with van der Waals surface area (Å²) in [6, 6.07) is 13.5. The summed E-state index contributed by atoms with van der Waals surface area (Å²) in [5, 5.41) is 13.0. The van der Waals surface area contributed by atoms with Crippen LogP contribution in [0.3, 0.4) is 0 Å². The fourth-order valence-electron chi connectivity index (χ4n) is 3.11. The Bertz CT molecular complexity index is 1320. The molecule has 2 aromatic carbocycles. The molecule has 4 rings (SSSR count). The monoisotopic (exact) mass is 430 g/mol. The Morgan fingerprint density at radius 1 is 1.00 bits per heavy atom. The Balaban J connectivity index is 1.94. The number of fused-ring (bicyclic) bond motifs is 1. The van der Waals surface area contributed by atoms with E-state index < -0.39 is 11.7 Å². The third-order valence-corrected chi connectivity index (χ3v) is 4.83. The molecule has 0 amide bonds. The predicted molar refractivity (Wildman–Crippen MR) is 106 cm³/mol. The third kappa shape index (κ3) is 3.61. The number of rotatable bonds is 3. The molecule has 152 valence electrons. The molecule has 0 saturated carbocycles. The van der Waals surface area contributed by atoms with Gasteiger partial charge in [0.15, 0.2) is 5.49 Å². The number of hydrogen-bond acceptors (Lipinski definition) is 4. The maximum absolute atomic E-state index is 13.4. The summed E-state index contributed by atoms with van der Waals surface area (Å²) in [6.07, 6.45) is -2.95. The van der Waals surface area contributed by atoms with Gasteiger partial charge in [0, 0.05) is 45.6 Å². The number of nitrogens with one attached hydrogen (secondary N) is 1. The minimum Gasteiger partial charge on any atom is -0.436 e. The molecule has 0 aliphatic rings. The van der Waals surface area contributed by atoms with E-state index >= 15 is 0 Å². The molecule has 2 aromatic heterocycles. The number of aromatic nitrogens is 3. The van der Waals surface area contributed by atoms with Crippen molar-refractivity contribution < 1.29 is 17.9 Å². The van der Waals surface area contributed by atoms with E-state index in [4.69, 9.17) is 21.9 Å². The highest BCUT2D eigenvalue weighted by atomic mass is 35.5. The van der Waals surface area contributed by atoms with Gasteiger partial charge in [0.05, 0.1) is 5.56 Å². The van der Waals surface area contributed by atoms with Crippen molar-refractivity contribution in [3.8, 4) is 22.8 Å². The van der Waals surface area contributed by atoms with E-state index in [1.165, 1.54) is 6.07 Å². The Hall–Kier alpha value is -3.39. The molecule has 1 N–H and O–H groups in total. The predicted octanol–water partition coefficient (Wildman–Crippen LogP) is 5.70. The summed E-state index contributed by atoms with van der Waals surface area (Å²) in [7, 11) is 0. The van der Waals surface area contributed by atoms with Crippen molar-refractivity contribution in [2.45, 2.75) is 13.1 Å². The van der Waals surface area contributed by atoms with Gasteiger partial charge in [0.2, 0.25) is 5.88 Å². The van der Waals surface area contributed by atoms with Crippen LogP contribution in [0, 0.1) is 12.3 Å². The SMILES string of the molecule is Cc1ncccc1-c1ccc(C(F)(F)F)cc1Oc1nn(Cl)c(=N)c2ccccc12. The first-order valence-corrected chi connectivity index (χ1v) is 9.13. The van der Waals surface area contributed by atoms with E-state index in [1.807, 2.05) is 0 Å². The molecule has 0 unspecified atom stereocenters. The number of ether oxygens (including phenoxy) is 1. The molecular weight excluding hydrogens is 417 g/mol. The minimum atomic E-state index is -4.55. The van der Waals surface area contributed by atoms with Crippen molar-refractivity contribution in [3.63, 3.8) is 0 Å². The maximum atomic E-state index is 13.4. The molecule has 30 heavy (non-hydrogen) atoms. The normalized spacial score (nSPS) is 11.6. The fraction of sp³-hybridized carbons (Fsp3) is 0.0952. The molecule has 4 aromatic rings. The average Bonchev–Trinajstić information content (AvgIpc) is 2.72. The lowest BCUT2D eigenvalue weighted by Crippen LogP contribution is -2.16. The molecule has 0 atom stereocenters.